The Balaban J connectivity index is 1.82. The summed E-state index contributed by atoms with van der Waals surface area (Å²) in [4.78, 5) is 0. The molecule has 0 fully saturated rings. The molecule has 2 aromatic rings. The highest BCUT2D eigenvalue weighted by Crippen LogP contribution is 2.30. The third kappa shape index (κ3) is 2.51. The van der Waals surface area contributed by atoms with Crippen molar-refractivity contribution in [3.63, 3.8) is 0 Å². The van der Waals surface area contributed by atoms with Gasteiger partial charge in [0.1, 0.15) is 5.75 Å². The van der Waals surface area contributed by atoms with Crippen LogP contribution < -0.4 is 5.32 Å². The molecule has 2 aromatic carbocycles. The van der Waals surface area contributed by atoms with E-state index < -0.39 is 0 Å². The number of hydrogen-bond donors (Lipinski definition) is 2. The number of anilines is 1. The first-order chi connectivity index (χ1) is 9.63. The molecule has 104 valence electrons. The van der Waals surface area contributed by atoms with E-state index in [0.717, 1.165) is 11.3 Å². The van der Waals surface area contributed by atoms with Crippen LogP contribution in [0.2, 0.25) is 0 Å². The van der Waals surface area contributed by atoms with E-state index in [1.807, 2.05) is 19.1 Å². The number of aryl methyl sites for hydroxylation is 3. The maximum Gasteiger partial charge on any atom is 0.120 e. The quantitative estimate of drug-likeness (QED) is 0.866. The van der Waals surface area contributed by atoms with Gasteiger partial charge >= 0.3 is 0 Å². The molecule has 0 aliphatic heterocycles. The molecule has 2 heteroatoms. The first-order valence-corrected chi connectivity index (χ1v) is 7.31. The van der Waals surface area contributed by atoms with Crippen molar-refractivity contribution >= 4 is 5.69 Å². The second-order valence-electron chi connectivity index (χ2n) is 5.77. The Morgan fingerprint density at radius 2 is 1.85 bits per heavy atom. The molecule has 1 aliphatic rings. The fourth-order valence-electron chi connectivity index (χ4n) is 3.01. The molecule has 20 heavy (non-hydrogen) atoms. The van der Waals surface area contributed by atoms with Crippen molar-refractivity contribution in [2.75, 3.05) is 5.32 Å². The van der Waals surface area contributed by atoms with Crippen LogP contribution >= 0.6 is 0 Å². The summed E-state index contributed by atoms with van der Waals surface area (Å²) >= 11 is 0. The summed E-state index contributed by atoms with van der Waals surface area (Å²) in [7, 11) is 0. The van der Waals surface area contributed by atoms with Gasteiger partial charge in [0.05, 0.1) is 6.04 Å². The second kappa shape index (κ2) is 5.20. The predicted molar refractivity (Wildman–Crippen MR) is 83.3 cm³/mol. The van der Waals surface area contributed by atoms with Crippen molar-refractivity contribution in [2.45, 2.75) is 39.2 Å². The normalized spacial score (nSPS) is 14.9. The average Bonchev–Trinajstić information content (AvgIpc) is 2.89. The van der Waals surface area contributed by atoms with Gasteiger partial charge in [-0.3, -0.25) is 0 Å². The summed E-state index contributed by atoms with van der Waals surface area (Å²) < 4.78 is 0. The second-order valence-corrected chi connectivity index (χ2v) is 5.77. The van der Waals surface area contributed by atoms with Gasteiger partial charge in [0.25, 0.3) is 0 Å². The molecule has 0 bridgehead atoms. The lowest BCUT2D eigenvalue weighted by Crippen LogP contribution is -2.07. The Morgan fingerprint density at radius 3 is 2.70 bits per heavy atom. The molecule has 0 saturated heterocycles. The van der Waals surface area contributed by atoms with Crippen LogP contribution in [0.25, 0.3) is 0 Å². The van der Waals surface area contributed by atoms with E-state index in [-0.39, 0.29) is 6.04 Å². The number of rotatable bonds is 3. The highest BCUT2D eigenvalue weighted by molar-refractivity contribution is 5.52. The SMILES string of the molecule is Cc1ccc(O)c(C(C)Nc2ccc3c(c2)CCC3)c1. The topological polar surface area (TPSA) is 32.3 Å². The Labute approximate surface area is 120 Å². The molecular weight excluding hydrogens is 246 g/mol. The third-order valence-electron chi connectivity index (χ3n) is 4.13. The zero-order chi connectivity index (χ0) is 14.1. The zero-order valence-electron chi connectivity index (χ0n) is 12.1. The van der Waals surface area contributed by atoms with E-state index in [9.17, 15) is 5.11 Å². The zero-order valence-corrected chi connectivity index (χ0v) is 12.1. The van der Waals surface area contributed by atoms with Crippen molar-refractivity contribution < 1.29 is 5.11 Å². The molecule has 3 rings (SSSR count). The minimum absolute atomic E-state index is 0.0920. The van der Waals surface area contributed by atoms with Gasteiger partial charge in [-0.25, -0.2) is 0 Å². The standard InChI is InChI=1S/C18H21NO/c1-12-6-9-18(20)17(10-12)13(2)19-16-8-7-14-4-3-5-15(14)11-16/h6-11,13,19-20H,3-5H2,1-2H3. The first kappa shape index (κ1) is 13.0. The van der Waals surface area contributed by atoms with E-state index in [2.05, 4.69) is 30.4 Å². The van der Waals surface area contributed by atoms with Crippen LogP contribution in [-0.4, -0.2) is 5.11 Å². The molecule has 0 radical (unpaired) electrons. The van der Waals surface area contributed by atoms with Gasteiger partial charge in [-0.05, 0) is 62.4 Å². The number of aromatic hydroxyl groups is 1. The monoisotopic (exact) mass is 267 g/mol. The Hall–Kier alpha value is -1.96. The van der Waals surface area contributed by atoms with Crippen molar-refractivity contribution in [2.24, 2.45) is 0 Å². The van der Waals surface area contributed by atoms with Gasteiger partial charge in [0.15, 0.2) is 0 Å². The van der Waals surface area contributed by atoms with Crippen molar-refractivity contribution in [3.8, 4) is 5.75 Å². The number of nitrogens with one attached hydrogen (secondary N) is 1. The Kier molecular flexibility index (Phi) is 3.39. The van der Waals surface area contributed by atoms with Crippen molar-refractivity contribution in [1.29, 1.82) is 0 Å². The number of phenolic OH excluding ortho intramolecular Hbond substituents is 1. The maximum atomic E-state index is 10.00. The highest BCUT2D eigenvalue weighted by Gasteiger charge is 2.13. The predicted octanol–water partition coefficient (Wildman–Crippen LogP) is 4.36. The van der Waals surface area contributed by atoms with Gasteiger partial charge in [-0.2, -0.15) is 0 Å². The van der Waals surface area contributed by atoms with E-state index in [1.54, 1.807) is 6.07 Å². The van der Waals surface area contributed by atoms with E-state index >= 15 is 0 Å². The van der Waals surface area contributed by atoms with E-state index in [4.69, 9.17) is 0 Å². The maximum absolute atomic E-state index is 10.00. The molecule has 1 aliphatic carbocycles. The first-order valence-electron chi connectivity index (χ1n) is 7.31. The minimum Gasteiger partial charge on any atom is -0.508 e. The van der Waals surface area contributed by atoms with Gasteiger partial charge in [-0.1, -0.05) is 23.8 Å². The van der Waals surface area contributed by atoms with Crippen LogP contribution in [0.5, 0.6) is 5.75 Å². The highest BCUT2D eigenvalue weighted by atomic mass is 16.3. The summed E-state index contributed by atoms with van der Waals surface area (Å²) in [5.74, 6) is 0.358. The fraction of sp³-hybridized carbons (Fsp3) is 0.333. The fourth-order valence-corrected chi connectivity index (χ4v) is 3.01. The largest absolute Gasteiger partial charge is 0.508 e. The summed E-state index contributed by atoms with van der Waals surface area (Å²) in [6, 6.07) is 12.5. The Bertz CT molecular complexity index is 633. The molecule has 1 atom stereocenters. The molecule has 1 unspecified atom stereocenters. The lowest BCUT2D eigenvalue weighted by molar-refractivity contribution is 0.465. The van der Waals surface area contributed by atoms with Gasteiger partial charge in [0, 0.05) is 11.3 Å². The van der Waals surface area contributed by atoms with Gasteiger partial charge in [-0.15, -0.1) is 0 Å². The number of phenols is 1. The van der Waals surface area contributed by atoms with Crippen LogP contribution in [0, 0.1) is 6.92 Å². The van der Waals surface area contributed by atoms with Crippen LogP contribution in [0.1, 0.15) is 41.6 Å². The minimum atomic E-state index is 0.0920. The molecule has 0 saturated carbocycles. The lowest BCUT2D eigenvalue weighted by atomic mass is 10.0. The lowest BCUT2D eigenvalue weighted by Gasteiger charge is -2.18. The van der Waals surface area contributed by atoms with Crippen LogP contribution in [0.4, 0.5) is 5.69 Å². The molecule has 2 nitrogen and oxygen atoms in total. The van der Waals surface area contributed by atoms with Gasteiger partial charge < -0.3 is 10.4 Å². The van der Waals surface area contributed by atoms with Gasteiger partial charge in [0.2, 0.25) is 0 Å². The molecule has 0 amide bonds. The number of benzene rings is 2. The molecule has 0 aromatic heterocycles. The summed E-state index contributed by atoms with van der Waals surface area (Å²) in [6.07, 6.45) is 3.67. The van der Waals surface area contributed by atoms with Crippen molar-refractivity contribution in [1.82, 2.24) is 0 Å². The molecular formula is C18H21NO. The molecule has 0 spiro atoms. The molecule has 0 heterocycles. The van der Waals surface area contributed by atoms with Crippen molar-refractivity contribution in [3.05, 3.63) is 58.7 Å². The summed E-state index contributed by atoms with van der Waals surface area (Å²) in [6.45, 7) is 4.13. The smallest absolute Gasteiger partial charge is 0.120 e. The van der Waals surface area contributed by atoms with Crippen LogP contribution in [0.15, 0.2) is 36.4 Å². The van der Waals surface area contributed by atoms with Crippen LogP contribution in [-0.2, 0) is 12.8 Å². The Morgan fingerprint density at radius 1 is 1.05 bits per heavy atom. The summed E-state index contributed by atoms with van der Waals surface area (Å²) in [5, 5.41) is 13.5. The van der Waals surface area contributed by atoms with E-state index in [0.29, 0.717) is 5.75 Å². The number of hydrogen-bond acceptors (Lipinski definition) is 2. The molecule has 2 N–H and O–H groups in total. The third-order valence-corrected chi connectivity index (χ3v) is 4.13. The summed E-state index contributed by atoms with van der Waals surface area (Å²) in [5.41, 5.74) is 6.21. The van der Waals surface area contributed by atoms with Crippen LogP contribution in [0.3, 0.4) is 0 Å². The van der Waals surface area contributed by atoms with E-state index in [1.165, 1.54) is 36.0 Å². The average molecular weight is 267 g/mol. The number of fused-ring (bicyclic) bond motifs is 1.